The van der Waals surface area contributed by atoms with E-state index in [0.717, 1.165) is 31.7 Å². The zero-order valence-corrected chi connectivity index (χ0v) is 21.5. The molecular formula is C24H28FN3O6S2. The maximum atomic E-state index is 14.7. The van der Waals surface area contributed by atoms with Crippen molar-refractivity contribution in [1.29, 1.82) is 0 Å². The molecule has 9 nitrogen and oxygen atoms in total. The number of halogens is 1. The average molecular weight is 538 g/mol. The molecule has 6 rings (SSSR count). The van der Waals surface area contributed by atoms with Crippen molar-refractivity contribution in [2.45, 2.75) is 91.9 Å². The fraction of sp³-hybridized carbons (Fsp3) is 0.583. The molecule has 1 aromatic heterocycles. The zero-order valence-electron chi connectivity index (χ0n) is 19.8. The average Bonchev–Trinajstić information content (AvgIpc) is 3.73. The van der Waals surface area contributed by atoms with Crippen molar-refractivity contribution >= 4 is 19.9 Å². The van der Waals surface area contributed by atoms with Crippen LogP contribution in [-0.4, -0.2) is 59.8 Å². The first kappa shape index (κ1) is 24.1. The van der Waals surface area contributed by atoms with Gasteiger partial charge >= 0.3 is 0 Å². The fourth-order valence-electron chi connectivity index (χ4n) is 5.35. The van der Waals surface area contributed by atoms with Gasteiger partial charge in [-0.3, -0.25) is 0 Å². The van der Waals surface area contributed by atoms with Gasteiger partial charge in [0.2, 0.25) is 21.8 Å². The predicted octanol–water partition coefficient (Wildman–Crippen LogP) is 3.52. The number of sulfone groups is 1. The van der Waals surface area contributed by atoms with Crippen molar-refractivity contribution in [3.63, 3.8) is 0 Å². The second-order valence-corrected chi connectivity index (χ2v) is 14.6. The van der Waals surface area contributed by atoms with Gasteiger partial charge < -0.3 is 9.47 Å². The quantitative estimate of drug-likeness (QED) is 0.502. The summed E-state index contributed by atoms with van der Waals surface area (Å²) in [5, 5.41) is -0.645. The molecule has 0 radical (unpaired) electrons. The van der Waals surface area contributed by atoms with Crippen molar-refractivity contribution in [3.05, 3.63) is 35.9 Å². The number of nitrogens with zero attached hydrogens (tertiary/aromatic N) is 3. The molecular weight excluding hydrogens is 509 g/mol. The lowest BCUT2D eigenvalue weighted by Crippen LogP contribution is -2.50. The van der Waals surface area contributed by atoms with E-state index in [2.05, 4.69) is 9.97 Å². The molecule has 194 valence electrons. The molecule has 12 heteroatoms. The second-order valence-electron chi connectivity index (χ2n) is 10.2. The van der Waals surface area contributed by atoms with Gasteiger partial charge in [-0.05, 0) is 63.6 Å². The van der Waals surface area contributed by atoms with E-state index in [1.165, 1.54) is 18.5 Å². The van der Waals surface area contributed by atoms with Crippen LogP contribution >= 0.6 is 0 Å². The monoisotopic (exact) mass is 537 g/mol. The summed E-state index contributed by atoms with van der Waals surface area (Å²) >= 11 is 0. The molecule has 4 aliphatic rings. The Balaban J connectivity index is 1.16. The normalized spacial score (nSPS) is 26.7. The fourth-order valence-corrected chi connectivity index (χ4v) is 9.31. The first-order valence-electron chi connectivity index (χ1n) is 12.4. The molecule has 2 aliphatic carbocycles. The highest BCUT2D eigenvalue weighted by molar-refractivity contribution is 7.92. The minimum absolute atomic E-state index is 0.0528. The topological polar surface area (TPSA) is 116 Å². The van der Waals surface area contributed by atoms with Crippen LogP contribution in [0.15, 0.2) is 29.4 Å². The summed E-state index contributed by atoms with van der Waals surface area (Å²) in [7, 11) is -6.74. The summed E-state index contributed by atoms with van der Waals surface area (Å²) in [6, 6.07) is 3.50. The Morgan fingerprint density at radius 3 is 2.17 bits per heavy atom. The Morgan fingerprint density at radius 1 is 0.917 bits per heavy atom. The molecule has 3 heterocycles. The summed E-state index contributed by atoms with van der Waals surface area (Å²) in [6.45, 7) is 1.70. The van der Waals surface area contributed by atoms with Gasteiger partial charge in [0.15, 0.2) is 21.4 Å². The molecule has 2 saturated heterocycles. The summed E-state index contributed by atoms with van der Waals surface area (Å²) < 4.78 is 78.8. The van der Waals surface area contributed by atoms with Gasteiger partial charge in [-0.15, -0.1) is 0 Å². The number of benzene rings is 1. The van der Waals surface area contributed by atoms with Crippen LogP contribution in [0, 0.1) is 12.7 Å². The van der Waals surface area contributed by atoms with Crippen LogP contribution < -0.4 is 9.47 Å². The van der Waals surface area contributed by atoms with Gasteiger partial charge in [0.1, 0.15) is 12.4 Å². The first-order chi connectivity index (χ1) is 17.1. The van der Waals surface area contributed by atoms with Crippen molar-refractivity contribution < 1.29 is 30.7 Å². The van der Waals surface area contributed by atoms with Crippen molar-refractivity contribution in [2.24, 2.45) is 0 Å². The van der Waals surface area contributed by atoms with Gasteiger partial charge in [-0.25, -0.2) is 31.2 Å². The Bertz CT molecular complexity index is 1390. The molecule has 2 unspecified atom stereocenters. The van der Waals surface area contributed by atoms with Crippen molar-refractivity contribution in [1.82, 2.24) is 14.3 Å². The number of hydrogen-bond acceptors (Lipinski definition) is 8. The Morgan fingerprint density at radius 2 is 1.56 bits per heavy atom. The van der Waals surface area contributed by atoms with Gasteiger partial charge in [0.25, 0.3) is 0 Å². The summed E-state index contributed by atoms with van der Waals surface area (Å²) in [5.41, 5.74) is 0.479. The lowest BCUT2D eigenvalue weighted by molar-refractivity contribution is 0.0906. The molecule has 2 aromatic rings. The van der Waals surface area contributed by atoms with Gasteiger partial charge in [0.05, 0.1) is 21.0 Å². The first-order valence-corrected chi connectivity index (χ1v) is 15.4. The van der Waals surface area contributed by atoms with E-state index in [1.54, 1.807) is 11.2 Å². The van der Waals surface area contributed by atoms with E-state index in [9.17, 15) is 21.2 Å². The summed E-state index contributed by atoms with van der Waals surface area (Å²) in [4.78, 5) is 8.28. The van der Waals surface area contributed by atoms with Gasteiger partial charge in [0, 0.05) is 24.9 Å². The van der Waals surface area contributed by atoms with E-state index in [-0.39, 0.29) is 40.0 Å². The molecule has 2 bridgehead atoms. The molecule has 0 spiro atoms. The smallest absolute Gasteiger partial charge is 0.229 e. The van der Waals surface area contributed by atoms with Gasteiger partial charge in [-0.2, -0.15) is 4.31 Å². The molecule has 36 heavy (non-hydrogen) atoms. The van der Waals surface area contributed by atoms with Crippen molar-refractivity contribution in [3.8, 4) is 17.5 Å². The maximum Gasteiger partial charge on any atom is 0.229 e. The number of sulfonamides is 1. The van der Waals surface area contributed by atoms with E-state index >= 15 is 0 Å². The highest BCUT2D eigenvalue weighted by atomic mass is 32.2. The molecule has 2 atom stereocenters. The molecule has 2 saturated carbocycles. The molecule has 4 fully saturated rings. The standard InChI is InChI=1S/C24H28FN3O6S2/c1-14-23(33-17-10-15-2-3-16(11-17)28(15)36(31,32)19-6-7-19)26-13-27-24(14)34-22-9-8-20(12-21(22)25)35(29,30)18-4-5-18/h8-9,12-13,15-19H,2-7,10-11H2,1H3. The number of hydrogen-bond donors (Lipinski definition) is 0. The molecule has 2 aliphatic heterocycles. The zero-order chi connectivity index (χ0) is 25.2. The van der Waals surface area contributed by atoms with E-state index in [0.29, 0.717) is 37.1 Å². The SMILES string of the molecule is Cc1c(Oc2ccc(S(=O)(=O)C3CC3)cc2F)ncnc1OC1CC2CCC(C1)N2S(=O)(=O)C1CC1. The van der Waals surface area contributed by atoms with Crippen LogP contribution in [0.1, 0.15) is 56.9 Å². The van der Waals surface area contributed by atoms with Gasteiger partial charge in [-0.1, -0.05) is 0 Å². The lowest BCUT2D eigenvalue weighted by atomic mass is 10.0. The van der Waals surface area contributed by atoms with Crippen LogP contribution in [-0.2, 0) is 19.9 Å². The number of fused-ring (bicyclic) bond motifs is 2. The second kappa shape index (κ2) is 8.63. The third-order valence-electron chi connectivity index (χ3n) is 7.53. The summed E-state index contributed by atoms with van der Waals surface area (Å²) in [5.74, 6) is -0.531. The third-order valence-corrected chi connectivity index (χ3v) is 12.3. The number of aromatic nitrogens is 2. The van der Waals surface area contributed by atoms with E-state index in [1.807, 2.05) is 0 Å². The molecule has 0 N–H and O–H groups in total. The van der Waals surface area contributed by atoms with Crippen LogP contribution in [0.2, 0.25) is 0 Å². The Kier molecular flexibility index (Phi) is 5.76. The third kappa shape index (κ3) is 4.26. The summed E-state index contributed by atoms with van der Waals surface area (Å²) in [6.07, 6.45) is 6.62. The van der Waals surface area contributed by atoms with Crippen molar-refractivity contribution in [2.75, 3.05) is 0 Å². The van der Waals surface area contributed by atoms with Crippen LogP contribution in [0.3, 0.4) is 0 Å². The number of rotatable bonds is 8. The molecule has 1 aromatic carbocycles. The largest absolute Gasteiger partial charge is 0.474 e. The van der Waals surface area contributed by atoms with Crippen LogP contribution in [0.5, 0.6) is 17.5 Å². The number of piperidine rings is 1. The Labute approximate surface area is 210 Å². The highest BCUT2D eigenvalue weighted by Gasteiger charge is 2.52. The number of ether oxygens (including phenoxy) is 2. The van der Waals surface area contributed by atoms with Crippen LogP contribution in [0.4, 0.5) is 4.39 Å². The van der Waals surface area contributed by atoms with E-state index in [4.69, 9.17) is 9.47 Å². The lowest BCUT2D eigenvalue weighted by Gasteiger charge is -2.37. The van der Waals surface area contributed by atoms with E-state index < -0.39 is 30.9 Å². The minimum atomic E-state index is -3.51. The maximum absolute atomic E-state index is 14.7. The van der Waals surface area contributed by atoms with Crippen LogP contribution in [0.25, 0.3) is 0 Å². The Hall–Kier alpha value is -2.31. The molecule has 0 amide bonds. The highest BCUT2D eigenvalue weighted by Crippen LogP contribution is 2.44. The predicted molar refractivity (Wildman–Crippen MR) is 128 cm³/mol. The minimum Gasteiger partial charge on any atom is -0.474 e.